The maximum absolute atomic E-state index is 11.1. The molecule has 4 N–H and O–H groups in total. The average Bonchev–Trinajstić information content (AvgIpc) is 2.93. The van der Waals surface area contributed by atoms with E-state index in [1.165, 1.54) is 0 Å². The van der Waals surface area contributed by atoms with E-state index in [-0.39, 0.29) is 23.4 Å². The highest BCUT2D eigenvalue weighted by atomic mass is 35.5. The molecule has 0 amide bonds. The van der Waals surface area contributed by atoms with E-state index in [1.54, 1.807) is 12.1 Å². The fraction of sp³-hybridized carbons (Fsp3) is 0.500. The van der Waals surface area contributed by atoms with E-state index in [9.17, 15) is 4.79 Å². The SMILES string of the molecule is CC(Nc1cc(-c2n[nH]c(=O)o2)ccc1Cl)[C@H]1C[C@@H](N)C1(C)C. The Labute approximate surface area is 139 Å². The monoisotopic (exact) mass is 336 g/mol. The molecule has 2 aromatic rings. The average molecular weight is 337 g/mol. The smallest absolute Gasteiger partial charge is 0.388 e. The molecule has 3 rings (SSSR count). The van der Waals surface area contributed by atoms with Gasteiger partial charge in [-0.3, -0.25) is 0 Å². The number of nitrogens with two attached hydrogens (primary N) is 1. The van der Waals surface area contributed by atoms with E-state index in [0.29, 0.717) is 16.5 Å². The lowest BCUT2D eigenvalue weighted by Crippen LogP contribution is -2.59. The summed E-state index contributed by atoms with van der Waals surface area (Å²) < 4.78 is 4.99. The van der Waals surface area contributed by atoms with Gasteiger partial charge in [-0.1, -0.05) is 25.4 Å². The standard InChI is InChI=1S/C16H21ClN4O2/c1-8(10-7-13(18)16(10,2)3)19-12-6-9(4-5-11(12)17)14-20-21-15(22)23-14/h4-6,8,10,13,19H,7,18H2,1-3H3,(H,21,22)/t8?,10-,13-/m1/s1. The first-order valence-electron chi connectivity index (χ1n) is 7.66. The van der Waals surface area contributed by atoms with Gasteiger partial charge in [0.25, 0.3) is 0 Å². The Hall–Kier alpha value is -1.79. The van der Waals surface area contributed by atoms with E-state index in [0.717, 1.165) is 12.1 Å². The van der Waals surface area contributed by atoms with Gasteiger partial charge in [-0.05, 0) is 42.9 Å². The van der Waals surface area contributed by atoms with Crippen molar-refractivity contribution >= 4 is 17.3 Å². The first-order chi connectivity index (χ1) is 10.8. The lowest BCUT2D eigenvalue weighted by molar-refractivity contribution is 0.0272. The topological polar surface area (TPSA) is 96.9 Å². The lowest BCUT2D eigenvalue weighted by Gasteiger charge is -2.53. The van der Waals surface area contributed by atoms with Crippen LogP contribution in [0.5, 0.6) is 0 Å². The first kappa shape index (κ1) is 16.1. The maximum Gasteiger partial charge on any atom is 0.434 e. The van der Waals surface area contributed by atoms with Crippen molar-refractivity contribution in [2.24, 2.45) is 17.1 Å². The van der Waals surface area contributed by atoms with Crippen molar-refractivity contribution in [2.75, 3.05) is 5.32 Å². The van der Waals surface area contributed by atoms with Crippen LogP contribution in [0.1, 0.15) is 27.2 Å². The molecule has 3 atom stereocenters. The van der Waals surface area contributed by atoms with Crippen molar-refractivity contribution in [3.05, 3.63) is 33.8 Å². The normalized spacial score (nSPS) is 24.0. The van der Waals surface area contributed by atoms with Crippen molar-refractivity contribution in [3.8, 4) is 11.5 Å². The third-order valence-electron chi connectivity index (χ3n) is 5.06. The van der Waals surface area contributed by atoms with Crippen molar-refractivity contribution in [1.82, 2.24) is 10.2 Å². The Kier molecular flexibility index (Phi) is 3.98. The third kappa shape index (κ3) is 2.88. The van der Waals surface area contributed by atoms with Crippen LogP contribution < -0.4 is 16.8 Å². The number of hydrogen-bond donors (Lipinski definition) is 3. The molecule has 0 saturated heterocycles. The Balaban J connectivity index is 1.81. The number of halogens is 1. The molecule has 0 aliphatic heterocycles. The zero-order valence-electron chi connectivity index (χ0n) is 13.4. The summed E-state index contributed by atoms with van der Waals surface area (Å²) in [5.74, 6) is 0.136. The number of H-pyrrole nitrogens is 1. The summed E-state index contributed by atoms with van der Waals surface area (Å²) in [5.41, 5.74) is 7.68. The van der Waals surface area contributed by atoms with Gasteiger partial charge in [-0.15, -0.1) is 5.10 Å². The number of aromatic amines is 1. The van der Waals surface area contributed by atoms with Gasteiger partial charge in [-0.2, -0.15) is 0 Å². The molecule has 6 nitrogen and oxygen atoms in total. The van der Waals surface area contributed by atoms with Crippen LogP contribution in [0.4, 0.5) is 5.69 Å². The molecule has 1 aliphatic carbocycles. The summed E-state index contributed by atoms with van der Waals surface area (Å²) in [5, 5.41) is 10.2. The number of aromatic nitrogens is 2. The quantitative estimate of drug-likeness (QED) is 0.797. The molecule has 1 heterocycles. The molecule has 1 unspecified atom stereocenters. The van der Waals surface area contributed by atoms with Crippen LogP contribution in [0.25, 0.3) is 11.5 Å². The molecule has 124 valence electrons. The minimum atomic E-state index is -0.581. The predicted octanol–water partition coefficient (Wildman–Crippen LogP) is 2.86. The number of rotatable bonds is 4. The second kappa shape index (κ2) is 5.69. The lowest BCUT2D eigenvalue weighted by atomic mass is 9.56. The van der Waals surface area contributed by atoms with Crippen molar-refractivity contribution in [2.45, 2.75) is 39.3 Å². The second-order valence-corrected chi connectivity index (χ2v) is 7.22. The second-order valence-electron chi connectivity index (χ2n) is 6.82. The minimum Gasteiger partial charge on any atom is -0.388 e. The van der Waals surface area contributed by atoms with E-state index in [1.807, 2.05) is 6.07 Å². The fourth-order valence-corrected chi connectivity index (χ4v) is 3.48. The van der Waals surface area contributed by atoms with Gasteiger partial charge >= 0.3 is 5.76 Å². The Morgan fingerprint density at radius 1 is 1.52 bits per heavy atom. The highest BCUT2D eigenvalue weighted by molar-refractivity contribution is 6.33. The number of hydrogen-bond acceptors (Lipinski definition) is 5. The largest absolute Gasteiger partial charge is 0.434 e. The summed E-state index contributed by atoms with van der Waals surface area (Å²) in [7, 11) is 0. The first-order valence-corrected chi connectivity index (χ1v) is 8.04. The van der Waals surface area contributed by atoms with Crippen LogP contribution >= 0.6 is 11.6 Å². The van der Waals surface area contributed by atoms with Gasteiger partial charge in [-0.25, -0.2) is 9.89 Å². The number of nitrogens with zero attached hydrogens (tertiary/aromatic N) is 1. The van der Waals surface area contributed by atoms with Crippen LogP contribution in [0.2, 0.25) is 5.02 Å². The Morgan fingerprint density at radius 3 is 2.83 bits per heavy atom. The zero-order valence-corrected chi connectivity index (χ0v) is 14.1. The summed E-state index contributed by atoms with van der Waals surface area (Å²) in [6.07, 6.45) is 0.993. The molecule has 1 saturated carbocycles. The summed E-state index contributed by atoms with van der Waals surface area (Å²) >= 11 is 6.29. The van der Waals surface area contributed by atoms with Gasteiger partial charge in [0.2, 0.25) is 5.89 Å². The van der Waals surface area contributed by atoms with E-state index in [4.69, 9.17) is 21.8 Å². The van der Waals surface area contributed by atoms with Gasteiger partial charge in [0, 0.05) is 17.6 Å². The molecular formula is C16H21ClN4O2. The molecule has 1 aromatic heterocycles. The Bertz CT molecular complexity index is 767. The molecule has 23 heavy (non-hydrogen) atoms. The van der Waals surface area contributed by atoms with Crippen LogP contribution in [0, 0.1) is 11.3 Å². The summed E-state index contributed by atoms with van der Waals surface area (Å²) in [6.45, 7) is 6.52. The van der Waals surface area contributed by atoms with E-state index >= 15 is 0 Å². The van der Waals surface area contributed by atoms with E-state index in [2.05, 4.69) is 36.3 Å². The maximum atomic E-state index is 11.1. The molecule has 1 fully saturated rings. The highest BCUT2D eigenvalue weighted by Gasteiger charge is 2.48. The third-order valence-corrected chi connectivity index (χ3v) is 5.39. The molecule has 1 aromatic carbocycles. The Morgan fingerprint density at radius 2 is 2.26 bits per heavy atom. The molecule has 7 heteroatoms. The van der Waals surface area contributed by atoms with Crippen molar-refractivity contribution < 1.29 is 4.42 Å². The predicted molar refractivity (Wildman–Crippen MR) is 90.5 cm³/mol. The molecular weight excluding hydrogens is 316 g/mol. The summed E-state index contributed by atoms with van der Waals surface area (Å²) in [6, 6.07) is 5.82. The van der Waals surface area contributed by atoms with Crippen LogP contribution in [-0.4, -0.2) is 22.3 Å². The van der Waals surface area contributed by atoms with E-state index < -0.39 is 5.76 Å². The van der Waals surface area contributed by atoms with Gasteiger partial charge in [0.1, 0.15) is 0 Å². The van der Waals surface area contributed by atoms with Crippen LogP contribution in [0.15, 0.2) is 27.4 Å². The molecule has 1 aliphatic rings. The highest BCUT2D eigenvalue weighted by Crippen LogP contribution is 2.47. The van der Waals surface area contributed by atoms with Crippen molar-refractivity contribution in [3.63, 3.8) is 0 Å². The van der Waals surface area contributed by atoms with Crippen LogP contribution in [0.3, 0.4) is 0 Å². The number of benzene rings is 1. The molecule has 0 bridgehead atoms. The minimum absolute atomic E-state index is 0.103. The van der Waals surface area contributed by atoms with Crippen molar-refractivity contribution in [1.29, 1.82) is 0 Å². The molecule has 0 radical (unpaired) electrons. The van der Waals surface area contributed by atoms with Gasteiger partial charge in [0.05, 0.1) is 10.7 Å². The van der Waals surface area contributed by atoms with Gasteiger partial charge in [0.15, 0.2) is 0 Å². The zero-order chi connectivity index (χ0) is 16.8. The fourth-order valence-electron chi connectivity index (χ4n) is 3.31. The van der Waals surface area contributed by atoms with Crippen LogP contribution in [-0.2, 0) is 0 Å². The number of anilines is 1. The molecule has 0 spiro atoms. The number of nitrogens with one attached hydrogen (secondary N) is 2. The summed E-state index contributed by atoms with van der Waals surface area (Å²) in [4.78, 5) is 11.1. The van der Waals surface area contributed by atoms with Gasteiger partial charge < -0.3 is 15.5 Å².